The average molecular weight is 366 g/mol. The van der Waals surface area contributed by atoms with E-state index in [-0.39, 0.29) is 24.3 Å². The number of carbonyl (C=O) groups excluding carboxylic acids is 1. The van der Waals surface area contributed by atoms with E-state index in [0.717, 1.165) is 16.3 Å². The van der Waals surface area contributed by atoms with E-state index >= 15 is 0 Å². The lowest BCUT2D eigenvalue weighted by Crippen LogP contribution is -2.37. The number of hydrogen-bond donors (Lipinski definition) is 1. The van der Waals surface area contributed by atoms with Gasteiger partial charge in [-0.2, -0.15) is 0 Å². The van der Waals surface area contributed by atoms with Crippen molar-refractivity contribution in [2.24, 2.45) is 0 Å². The molecule has 0 aliphatic heterocycles. The molecule has 0 radical (unpaired) electrons. The Kier molecular flexibility index (Phi) is 6.04. The van der Waals surface area contributed by atoms with Crippen molar-refractivity contribution in [3.8, 4) is 5.75 Å². The number of likely N-dealkylation sites (N-methyl/N-ethyl adjacent to an activating group) is 1. The largest absolute Gasteiger partial charge is 0.481 e. The maximum atomic E-state index is 13.6. The van der Waals surface area contributed by atoms with Gasteiger partial charge in [0.05, 0.1) is 6.04 Å². The van der Waals surface area contributed by atoms with E-state index < -0.39 is 5.82 Å². The molecule has 5 heteroatoms. The van der Waals surface area contributed by atoms with E-state index in [1.54, 1.807) is 12.1 Å². The highest BCUT2D eigenvalue weighted by Crippen LogP contribution is 2.26. The van der Waals surface area contributed by atoms with Gasteiger partial charge < -0.3 is 15.0 Å². The topological polar surface area (TPSA) is 41.6 Å². The zero-order chi connectivity index (χ0) is 19.2. The molecule has 0 unspecified atom stereocenters. The first kappa shape index (κ1) is 18.9. The number of para-hydroxylation sites is 1. The molecule has 140 valence electrons. The third-order valence-electron chi connectivity index (χ3n) is 4.49. The molecule has 1 atom stereocenters. The summed E-state index contributed by atoms with van der Waals surface area (Å²) in [6.07, 6.45) is 0. The number of benzene rings is 3. The van der Waals surface area contributed by atoms with Crippen molar-refractivity contribution in [1.82, 2.24) is 10.2 Å². The van der Waals surface area contributed by atoms with Crippen molar-refractivity contribution in [2.75, 3.05) is 27.2 Å². The van der Waals surface area contributed by atoms with Crippen LogP contribution in [0, 0.1) is 5.82 Å². The SMILES string of the molecule is CN(C)[C@H](CNC(=O)COc1ccccc1F)c1cccc2ccccc12. The smallest absolute Gasteiger partial charge is 0.258 e. The molecule has 0 fully saturated rings. The Balaban J connectivity index is 1.66. The predicted molar refractivity (Wildman–Crippen MR) is 105 cm³/mol. The van der Waals surface area contributed by atoms with Gasteiger partial charge in [-0.25, -0.2) is 4.39 Å². The molecule has 0 saturated carbocycles. The quantitative estimate of drug-likeness (QED) is 0.692. The number of fused-ring (bicyclic) bond motifs is 1. The van der Waals surface area contributed by atoms with Crippen molar-refractivity contribution in [1.29, 1.82) is 0 Å². The number of halogens is 1. The van der Waals surface area contributed by atoms with Gasteiger partial charge in [0.25, 0.3) is 5.91 Å². The molecule has 3 aromatic rings. The molecule has 0 aromatic heterocycles. The van der Waals surface area contributed by atoms with E-state index in [4.69, 9.17) is 4.74 Å². The summed E-state index contributed by atoms with van der Waals surface area (Å²) in [5, 5.41) is 5.21. The lowest BCUT2D eigenvalue weighted by atomic mass is 9.98. The van der Waals surface area contributed by atoms with Crippen LogP contribution in [-0.2, 0) is 4.79 Å². The summed E-state index contributed by atoms with van der Waals surface area (Å²) in [5.74, 6) is -0.691. The highest BCUT2D eigenvalue weighted by atomic mass is 19.1. The van der Waals surface area contributed by atoms with Gasteiger partial charge in [0.1, 0.15) is 0 Å². The Labute approximate surface area is 158 Å². The predicted octanol–water partition coefficient (Wildman–Crippen LogP) is 3.78. The average Bonchev–Trinajstić information content (AvgIpc) is 2.67. The van der Waals surface area contributed by atoms with Crippen molar-refractivity contribution in [2.45, 2.75) is 6.04 Å². The Morgan fingerprint density at radius 3 is 2.52 bits per heavy atom. The molecule has 1 amide bonds. The fraction of sp³-hybridized carbons (Fsp3) is 0.227. The molecule has 0 aliphatic carbocycles. The van der Waals surface area contributed by atoms with E-state index in [1.807, 2.05) is 32.3 Å². The van der Waals surface area contributed by atoms with Gasteiger partial charge >= 0.3 is 0 Å². The molecular weight excluding hydrogens is 343 g/mol. The maximum absolute atomic E-state index is 13.6. The molecule has 3 aromatic carbocycles. The van der Waals surface area contributed by atoms with Crippen LogP contribution in [0.4, 0.5) is 4.39 Å². The van der Waals surface area contributed by atoms with E-state index in [0.29, 0.717) is 6.54 Å². The Hall–Kier alpha value is -2.92. The summed E-state index contributed by atoms with van der Waals surface area (Å²) in [7, 11) is 3.96. The Morgan fingerprint density at radius 2 is 1.74 bits per heavy atom. The fourth-order valence-corrected chi connectivity index (χ4v) is 3.08. The highest BCUT2D eigenvalue weighted by molar-refractivity contribution is 5.86. The zero-order valence-corrected chi connectivity index (χ0v) is 15.5. The molecular formula is C22H23FN2O2. The minimum atomic E-state index is -0.479. The van der Waals surface area contributed by atoms with Gasteiger partial charge in [-0.1, -0.05) is 54.6 Å². The van der Waals surface area contributed by atoms with Crippen LogP contribution >= 0.6 is 0 Å². The van der Waals surface area contributed by atoms with Crippen LogP contribution in [0.1, 0.15) is 11.6 Å². The standard InChI is InChI=1S/C22H23FN2O2/c1-25(2)20(18-11-7-9-16-8-3-4-10-17(16)18)14-24-22(26)15-27-21-13-6-5-12-19(21)23/h3-13,20H,14-15H2,1-2H3,(H,24,26)/t20-/m1/s1. The minimum absolute atomic E-state index is 0.00788. The van der Waals surface area contributed by atoms with Crippen LogP contribution in [0.25, 0.3) is 10.8 Å². The van der Waals surface area contributed by atoms with Crippen LogP contribution in [0.15, 0.2) is 66.7 Å². The van der Waals surface area contributed by atoms with Crippen molar-refractivity contribution >= 4 is 16.7 Å². The van der Waals surface area contributed by atoms with Gasteiger partial charge in [0.15, 0.2) is 18.2 Å². The molecule has 1 N–H and O–H groups in total. The van der Waals surface area contributed by atoms with Crippen LogP contribution in [0.5, 0.6) is 5.75 Å². The number of carbonyl (C=O) groups is 1. The summed E-state index contributed by atoms with van der Waals surface area (Å²) in [5.41, 5.74) is 1.15. The summed E-state index contributed by atoms with van der Waals surface area (Å²) in [6.45, 7) is 0.205. The monoisotopic (exact) mass is 366 g/mol. The minimum Gasteiger partial charge on any atom is -0.481 e. The molecule has 0 saturated heterocycles. The van der Waals surface area contributed by atoms with Crippen molar-refractivity contribution < 1.29 is 13.9 Å². The normalized spacial score (nSPS) is 12.1. The van der Waals surface area contributed by atoms with Crippen LogP contribution in [0.3, 0.4) is 0 Å². The molecule has 0 aliphatic rings. The Bertz CT molecular complexity index is 922. The number of amides is 1. The van der Waals surface area contributed by atoms with Gasteiger partial charge in [-0.3, -0.25) is 4.79 Å². The summed E-state index contributed by atoms with van der Waals surface area (Å²) in [6, 6.07) is 20.4. The number of hydrogen-bond acceptors (Lipinski definition) is 3. The highest BCUT2D eigenvalue weighted by Gasteiger charge is 2.18. The second kappa shape index (κ2) is 8.64. The first-order valence-electron chi connectivity index (χ1n) is 8.84. The van der Waals surface area contributed by atoms with E-state index in [9.17, 15) is 9.18 Å². The first-order chi connectivity index (χ1) is 13.1. The van der Waals surface area contributed by atoms with Crippen LogP contribution in [0.2, 0.25) is 0 Å². The number of nitrogens with one attached hydrogen (secondary N) is 1. The van der Waals surface area contributed by atoms with E-state index in [2.05, 4.69) is 34.5 Å². The molecule has 27 heavy (non-hydrogen) atoms. The van der Waals surface area contributed by atoms with Gasteiger partial charge in [-0.05, 0) is 42.6 Å². The summed E-state index contributed by atoms with van der Waals surface area (Å²) < 4.78 is 18.8. The lowest BCUT2D eigenvalue weighted by Gasteiger charge is -2.26. The molecule has 0 spiro atoms. The first-order valence-corrected chi connectivity index (χ1v) is 8.84. The number of nitrogens with zero attached hydrogens (tertiary/aromatic N) is 1. The fourth-order valence-electron chi connectivity index (χ4n) is 3.08. The lowest BCUT2D eigenvalue weighted by molar-refractivity contribution is -0.123. The van der Waals surface area contributed by atoms with Crippen molar-refractivity contribution in [3.63, 3.8) is 0 Å². The second-order valence-corrected chi connectivity index (χ2v) is 6.57. The molecule has 0 heterocycles. The zero-order valence-electron chi connectivity index (χ0n) is 15.5. The summed E-state index contributed by atoms with van der Waals surface area (Å²) >= 11 is 0. The van der Waals surface area contributed by atoms with Crippen LogP contribution in [-0.4, -0.2) is 38.1 Å². The third-order valence-corrected chi connectivity index (χ3v) is 4.49. The molecule has 0 bridgehead atoms. The number of ether oxygens (including phenoxy) is 1. The maximum Gasteiger partial charge on any atom is 0.258 e. The van der Waals surface area contributed by atoms with Crippen LogP contribution < -0.4 is 10.1 Å². The van der Waals surface area contributed by atoms with E-state index in [1.165, 1.54) is 12.1 Å². The van der Waals surface area contributed by atoms with Gasteiger partial charge in [-0.15, -0.1) is 0 Å². The molecule has 4 nitrogen and oxygen atoms in total. The Morgan fingerprint density at radius 1 is 1.04 bits per heavy atom. The van der Waals surface area contributed by atoms with Gasteiger partial charge in [0, 0.05) is 6.54 Å². The van der Waals surface area contributed by atoms with Gasteiger partial charge in [0.2, 0.25) is 0 Å². The summed E-state index contributed by atoms with van der Waals surface area (Å²) in [4.78, 5) is 14.2. The third kappa shape index (κ3) is 4.63. The second-order valence-electron chi connectivity index (χ2n) is 6.57. The van der Waals surface area contributed by atoms with Crippen molar-refractivity contribution in [3.05, 3.63) is 78.1 Å². The number of rotatable bonds is 7. The molecule has 3 rings (SSSR count).